The maximum atomic E-state index is 11.3. The van der Waals surface area contributed by atoms with Crippen LogP contribution < -0.4 is 10.1 Å². The van der Waals surface area contributed by atoms with E-state index in [4.69, 9.17) is 4.74 Å². The first-order valence-electron chi connectivity index (χ1n) is 7.64. The molecule has 21 heavy (non-hydrogen) atoms. The van der Waals surface area contributed by atoms with Crippen LogP contribution in [0.1, 0.15) is 24.8 Å². The summed E-state index contributed by atoms with van der Waals surface area (Å²) in [6, 6.07) is 8.05. The van der Waals surface area contributed by atoms with Gasteiger partial charge < -0.3 is 15.2 Å². The van der Waals surface area contributed by atoms with Crippen molar-refractivity contribution in [1.29, 1.82) is 0 Å². The van der Waals surface area contributed by atoms with Crippen LogP contribution in [-0.2, 0) is 11.3 Å². The van der Waals surface area contributed by atoms with Gasteiger partial charge in [0.1, 0.15) is 18.4 Å². The fourth-order valence-electron chi connectivity index (χ4n) is 2.70. The van der Waals surface area contributed by atoms with E-state index in [1.807, 2.05) is 18.2 Å². The van der Waals surface area contributed by atoms with Crippen LogP contribution >= 0.6 is 0 Å². The standard InChI is InChI=1S/C16H22N2O3/c19-16(20)14(17-13-5-6-13)7-8-18-9-10-21-15-4-2-1-3-12(15)11-18/h1-4,13-14,17H,5-11H2,(H,19,20). The summed E-state index contributed by atoms with van der Waals surface area (Å²) in [4.78, 5) is 13.6. The van der Waals surface area contributed by atoms with Gasteiger partial charge in [0.2, 0.25) is 0 Å². The number of nitrogens with zero attached hydrogens (tertiary/aromatic N) is 1. The molecule has 1 aromatic rings. The molecule has 1 unspecified atom stereocenters. The first-order chi connectivity index (χ1) is 10.2. The first-order valence-corrected chi connectivity index (χ1v) is 7.64. The molecule has 0 aromatic heterocycles. The third kappa shape index (κ3) is 3.95. The van der Waals surface area contributed by atoms with Gasteiger partial charge >= 0.3 is 5.97 Å². The number of carboxylic acids is 1. The SMILES string of the molecule is O=C(O)C(CCN1CCOc2ccccc2C1)NC1CC1. The van der Waals surface area contributed by atoms with Crippen molar-refractivity contribution >= 4 is 5.97 Å². The Labute approximate surface area is 124 Å². The Hall–Kier alpha value is -1.59. The maximum absolute atomic E-state index is 11.3. The second-order valence-corrected chi connectivity index (χ2v) is 5.85. The van der Waals surface area contributed by atoms with Crippen LogP contribution in [0, 0.1) is 0 Å². The van der Waals surface area contributed by atoms with Gasteiger partial charge in [-0.25, -0.2) is 0 Å². The molecule has 0 saturated heterocycles. The maximum Gasteiger partial charge on any atom is 0.320 e. The van der Waals surface area contributed by atoms with Crippen molar-refractivity contribution in [2.45, 2.75) is 37.9 Å². The zero-order valence-electron chi connectivity index (χ0n) is 12.1. The average molecular weight is 290 g/mol. The first kappa shape index (κ1) is 14.4. The number of ether oxygens (including phenoxy) is 1. The minimum atomic E-state index is -0.742. The summed E-state index contributed by atoms with van der Waals surface area (Å²) in [6.45, 7) is 3.09. The monoisotopic (exact) mass is 290 g/mol. The number of para-hydroxylation sites is 1. The quantitative estimate of drug-likeness (QED) is 0.831. The van der Waals surface area contributed by atoms with Crippen LogP contribution in [0.25, 0.3) is 0 Å². The molecule has 0 amide bonds. The number of nitrogens with one attached hydrogen (secondary N) is 1. The predicted octanol–water partition coefficient (Wildman–Crippen LogP) is 1.48. The molecule has 5 heteroatoms. The van der Waals surface area contributed by atoms with E-state index in [1.165, 1.54) is 5.56 Å². The molecule has 0 bridgehead atoms. The lowest BCUT2D eigenvalue weighted by Crippen LogP contribution is -2.41. The molecular weight excluding hydrogens is 268 g/mol. The van der Waals surface area contributed by atoms with Crippen LogP contribution in [0.15, 0.2) is 24.3 Å². The summed E-state index contributed by atoms with van der Waals surface area (Å²) in [7, 11) is 0. The van der Waals surface area contributed by atoms with Crippen molar-refractivity contribution < 1.29 is 14.6 Å². The number of benzene rings is 1. The van der Waals surface area contributed by atoms with Crippen molar-refractivity contribution in [1.82, 2.24) is 10.2 Å². The molecular formula is C16H22N2O3. The van der Waals surface area contributed by atoms with E-state index < -0.39 is 12.0 Å². The number of rotatable bonds is 6. The fraction of sp³-hybridized carbons (Fsp3) is 0.562. The molecule has 5 nitrogen and oxygen atoms in total. The van der Waals surface area contributed by atoms with Crippen molar-refractivity contribution in [3.05, 3.63) is 29.8 Å². The lowest BCUT2D eigenvalue weighted by molar-refractivity contribution is -0.139. The molecule has 1 heterocycles. The third-order valence-corrected chi connectivity index (χ3v) is 4.08. The highest BCUT2D eigenvalue weighted by molar-refractivity contribution is 5.73. The van der Waals surface area contributed by atoms with Crippen LogP contribution in [0.3, 0.4) is 0 Å². The Bertz CT molecular complexity index is 502. The highest BCUT2D eigenvalue weighted by Crippen LogP contribution is 2.23. The number of hydrogen-bond acceptors (Lipinski definition) is 4. The number of carboxylic acid groups (broad SMARTS) is 1. The predicted molar refractivity (Wildman–Crippen MR) is 79.4 cm³/mol. The minimum Gasteiger partial charge on any atom is -0.492 e. The molecule has 1 aliphatic heterocycles. The lowest BCUT2D eigenvalue weighted by atomic mass is 10.1. The number of hydrogen-bond donors (Lipinski definition) is 2. The summed E-state index contributed by atoms with van der Waals surface area (Å²) >= 11 is 0. The smallest absolute Gasteiger partial charge is 0.320 e. The molecule has 1 saturated carbocycles. The van der Waals surface area contributed by atoms with Crippen molar-refractivity contribution in [3.63, 3.8) is 0 Å². The Morgan fingerprint density at radius 1 is 1.43 bits per heavy atom. The minimum absolute atomic E-state index is 0.416. The van der Waals surface area contributed by atoms with Crippen molar-refractivity contribution in [3.8, 4) is 5.75 Å². The third-order valence-electron chi connectivity index (χ3n) is 4.08. The second kappa shape index (κ2) is 6.45. The van der Waals surface area contributed by atoms with Crippen molar-refractivity contribution in [2.24, 2.45) is 0 Å². The van der Waals surface area contributed by atoms with E-state index in [1.54, 1.807) is 0 Å². The summed E-state index contributed by atoms with van der Waals surface area (Å²) in [5.41, 5.74) is 1.18. The Morgan fingerprint density at radius 3 is 3.00 bits per heavy atom. The highest BCUT2D eigenvalue weighted by atomic mass is 16.5. The van der Waals surface area contributed by atoms with Gasteiger partial charge in [-0.2, -0.15) is 0 Å². The van der Waals surface area contributed by atoms with Crippen LogP contribution in [0.2, 0.25) is 0 Å². The van der Waals surface area contributed by atoms with Crippen LogP contribution in [-0.4, -0.2) is 47.8 Å². The van der Waals surface area contributed by atoms with Gasteiger partial charge in [-0.3, -0.25) is 9.69 Å². The van der Waals surface area contributed by atoms with Crippen molar-refractivity contribution in [2.75, 3.05) is 19.7 Å². The van der Waals surface area contributed by atoms with Gasteiger partial charge in [-0.05, 0) is 25.3 Å². The zero-order chi connectivity index (χ0) is 14.7. The topological polar surface area (TPSA) is 61.8 Å². The second-order valence-electron chi connectivity index (χ2n) is 5.85. The Morgan fingerprint density at radius 2 is 2.24 bits per heavy atom. The molecule has 1 aliphatic carbocycles. The van der Waals surface area contributed by atoms with Gasteiger partial charge in [0, 0.05) is 31.2 Å². The molecule has 2 aliphatic rings. The summed E-state index contributed by atoms with van der Waals surface area (Å²) in [5.74, 6) is 0.208. The molecule has 0 spiro atoms. The summed E-state index contributed by atoms with van der Waals surface area (Å²) in [6.07, 6.45) is 2.84. The van der Waals surface area contributed by atoms with Crippen LogP contribution in [0.4, 0.5) is 0 Å². The molecule has 3 rings (SSSR count). The Kier molecular flexibility index (Phi) is 4.41. The zero-order valence-corrected chi connectivity index (χ0v) is 12.1. The van der Waals surface area contributed by atoms with E-state index >= 15 is 0 Å². The normalized spacial score (nSPS) is 20.2. The molecule has 2 N–H and O–H groups in total. The molecule has 1 aromatic carbocycles. The largest absolute Gasteiger partial charge is 0.492 e. The fourth-order valence-corrected chi connectivity index (χ4v) is 2.70. The molecule has 1 fully saturated rings. The molecule has 0 radical (unpaired) electrons. The van der Waals surface area contributed by atoms with Crippen LogP contribution in [0.5, 0.6) is 5.75 Å². The number of aliphatic carboxylic acids is 1. The van der Waals surface area contributed by atoms with Gasteiger partial charge in [-0.1, -0.05) is 18.2 Å². The Balaban J connectivity index is 1.55. The molecule has 1 atom stereocenters. The average Bonchev–Trinajstić information content (AvgIpc) is 3.29. The van der Waals surface area contributed by atoms with Gasteiger partial charge in [-0.15, -0.1) is 0 Å². The highest BCUT2D eigenvalue weighted by Gasteiger charge is 2.28. The number of carbonyl (C=O) groups is 1. The van der Waals surface area contributed by atoms with E-state index in [9.17, 15) is 9.90 Å². The van der Waals surface area contributed by atoms with E-state index in [2.05, 4.69) is 16.3 Å². The lowest BCUT2D eigenvalue weighted by Gasteiger charge is -2.22. The van der Waals surface area contributed by atoms with Gasteiger partial charge in [0.15, 0.2) is 0 Å². The molecule has 114 valence electrons. The van der Waals surface area contributed by atoms with E-state index in [0.717, 1.165) is 38.2 Å². The van der Waals surface area contributed by atoms with E-state index in [0.29, 0.717) is 19.1 Å². The van der Waals surface area contributed by atoms with Gasteiger partial charge in [0.25, 0.3) is 0 Å². The summed E-state index contributed by atoms with van der Waals surface area (Å²) < 4.78 is 5.73. The number of fused-ring (bicyclic) bond motifs is 1. The van der Waals surface area contributed by atoms with E-state index in [-0.39, 0.29) is 0 Å². The summed E-state index contributed by atoms with van der Waals surface area (Å²) in [5, 5.41) is 12.5. The van der Waals surface area contributed by atoms with Gasteiger partial charge in [0.05, 0.1) is 0 Å².